The third kappa shape index (κ3) is 4.69. The van der Waals surface area contributed by atoms with Crippen molar-refractivity contribution in [2.24, 2.45) is 0 Å². The van der Waals surface area contributed by atoms with Gasteiger partial charge in [0, 0.05) is 0 Å². The zero-order valence-electron chi connectivity index (χ0n) is 9.76. The first-order chi connectivity index (χ1) is 7.27. The maximum absolute atomic E-state index is 3.56. The molecule has 0 unspecified atom stereocenters. The van der Waals surface area contributed by atoms with Crippen molar-refractivity contribution in [3.05, 3.63) is 20.8 Å². The van der Waals surface area contributed by atoms with Gasteiger partial charge in [-0.2, -0.15) is 0 Å². The predicted octanol–water partition coefficient (Wildman–Crippen LogP) is 5.97. The van der Waals surface area contributed by atoms with Crippen LogP contribution in [0.5, 0.6) is 0 Å². The second-order valence-corrected chi connectivity index (χ2v) is 6.46. The first-order valence-corrected chi connectivity index (χ1v) is 7.69. The molecular weight excluding hydrogens is 268 g/mol. The van der Waals surface area contributed by atoms with Gasteiger partial charge >= 0.3 is 0 Å². The second-order valence-electron chi connectivity index (χ2n) is 4.17. The molecule has 1 aromatic rings. The molecule has 0 saturated carbocycles. The lowest BCUT2D eigenvalue weighted by molar-refractivity contribution is 0.526. The molecule has 1 rings (SSSR count). The van der Waals surface area contributed by atoms with Crippen LogP contribution < -0.4 is 0 Å². The third-order valence-electron chi connectivity index (χ3n) is 2.87. The van der Waals surface area contributed by atoms with Crippen LogP contribution in [-0.2, 0) is 0 Å². The largest absolute Gasteiger partial charge is 0.137 e. The minimum Gasteiger partial charge on any atom is -0.137 e. The third-order valence-corrected chi connectivity index (χ3v) is 4.39. The van der Waals surface area contributed by atoms with Crippen molar-refractivity contribution in [3.8, 4) is 0 Å². The summed E-state index contributed by atoms with van der Waals surface area (Å²) in [5.74, 6) is 0.799. The minimum absolute atomic E-state index is 0.799. The van der Waals surface area contributed by atoms with Crippen molar-refractivity contribution < 1.29 is 0 Å². The Morgan fingerprint density at radius 2 is 1.80 bits per heavy atom. The Morgan fingerprint density at radius 1 is 1.20 bits per heavy atom. The highest BCUT2D eigenvalue weighted by Gasteiger charge is 2.11. The fourth-order valence-corrected chi connectivity index (χ4v) is 3.17. The number of halogens is 1. The first-order valence-electron chi connectivity index (χ1n) is 6.01. The summed E-state index contributed by atoms with van der Waals surface area (Å²) in [7, 11) is 0. The van der Waals surface area contributed by atoms with Gasteiger partial charge in [-0.05, 0) is 51.7 Å². The first kappa shape index (κ1) is 13.2. The number of unbranched alkanes of at least 4 members (excludes halogenated alkanes) is 2. The SMILES string of the molecule is CCCCC(CCCC)c1csc(Br)c1. The Hall–Kier alpha value is 0.180. The van der Waals surface area contributed by atoms with Crippen molar-refractivity contribution in [2.75, 3.05) is 0 Å². The van der Waals surface area contributed by atoms with E-state index in [1.165, 1.54) is 42.3 Å². The lowest BCUT2D eigenvalue weighted by Crippen LogP contribution is -1.97. The zero-order valence-corrected chi connectivity index (χ0v) is 12.2. The summed E-state index contributed by atoms with van der Waals surface area (Å²) in [6.07, 6.45) is 8.07. The lowest BCUT2D eigenvalue weighted by atomic mass is 9.91. The van der Waals surface area contributed by atoms with Crippen LogP contribution in [-0.4, -0.2) is 0 Å². The highest BCUT2D eigenvalue weighted by atomic mass is 79.9. The van der Waals surface area contributed by atoms with Crippen molar-refractivity contribution in [2.45, 2.75) is 58.3 Å². The van der Waals surface area contributed by atoms with Gasteiger partial charge < -0.3 is 0 Å². The monoisotopic (exact) mass is 288 g/mol. The van der Waals surface area contributed by atoms with E-state index in [1.807, 2.05) is 11.3 Å². The highest BCUT2D eigenvalue weighted by molar-refractivity contribution is 9.11. The molecule has 1 heterocycles. The van der Waals surface area contributed by atoms with Gasteiger partial charge in [-0.3, -0.25) is 0 Å². The molecule has 0 aromatic carbocycles. The maximum Gasteiger partial charge on any atom is 0.0701 e. The van der Waals surface area contributed by atoms with Crippen molar-refractivity contribution in [3.63, 3.8) is 0 Å². The van der Waals surface area contributed by atoms with Gasteiger partial charge in [-0.1, -0.05) is 39.5 Å². The Kier molecular flexibility index (Phi) is 6.58. The summed E-state index contributed by atoms with van der Waals surface area (Å²) >= 11 is 5.37. The van der Waals surface area contributed by atoms with E-state index in [9.17, 15) is 0 Å². The van der Waals surface area contributed by atoms with Gasteiger partial charge in [0.15, 0.2) is 0 Å². The van der Waals surface area contributed by atoms with Crippen molar-refractivity contribution >= 4 is 27.3 Å². The summed E-state index contributed by atoms with van der Waals surface area (Å²) in [5.41, 5.74) is 1.55. The summed E-state index contributed by atoms with van der Waals surface area (Å²) in [6.45, 7) is 4.56. The molecule has 15 heavy (non-hydrogen) atoms. The van der Waals surface area contributed by atoms with Crippen molar-refractivity contribution in [1.82, 2.24) is 0 Å². The molecule has 2 heteroatoms. The normalized spacial score (nSPS) is 11.2. The number of thiophene rings is 1. The molecular formula is C13H21BrS. The molecule has 1 aromatic heterocycles. The van der Waals surface area contributed by atoms with Gasteiger partial charge in [-0.15, -0.1) is 11.3 Å². The van der Waals surface area contributed by atoms with E-state index >= 15 is 0 Å². The molecule has 0 aliphatic rings. The lowest BCUT2D eigenvalue weighted by Gasteiger charge is -2.14. The molecule has 0 nitrogen and oxygen atoms in total. The van der Waals surface area contributed by atoms with E-state index in [0.29, 0.717) is 0 Å². The topological polar surface area (TPSA) is 0 Å². The quantitative estimate of drug-likeness (QED) is 0.579. The number of rotatable bonds is 7. The molecule has 0 amide bonds. The Labute approximate surface area is 106 Å². The Balaban J connectivity index is 2.54. The highest BCUT2D eigenvalue weighted by Crippen LogP contribution is 2.32. The van der Waals surface area contributed by atoms with Crippen LogP contribution in [0, 0.1) is 0 Å². The molecule has 0 fully saturated rings. The molecule has 0 spiro atoms. The molecule has 0 atom stereocenters. The Bertz CT molecular complexity index is 259. The molecule has 0 bridgehead atoms. The summed E-state index contributed by atoms with van der Waals surface area (Å²) < 4.78 is 1.27. The van der Waals surface area contributed by atoms with E-state index in [-0.39, 0.29) is 0 Å². The molecule has 86 valence electrons. The molecule has 0 aliphatic carbocycles. The zero-order chi connectivity index (χ0) is 11.1. The van der Waals surface area contributed by atoms with E-state index in [4.69, 9.17) is 0 Å². The number of hydrogen-bond acceptors (Lipinski definition) is 1. The van der Waals surface area contributed by atoms with Crippen molar-refractivity contribution in [1.29, 1.82) is 0 Å². The average Bonchev–Trinajstić information content (AvgIpc) is 2.65. The van der Waals surface area contributed by atoms with Crippen LogP contribution in [0.15, 0.2) is 15.2 Å². The van der Waals surface area contributed by atoms with E-state index in [2.05, 4.69) is 41.2 Å². The van der Waals surface area contributed by atoms with Crippen LogP contribution in [0.2, 0.25) is 0 Å². The van der Waals surface area contributed by atoms with E-state index in [0.717, 1.165) is 5.92 Å². The fraction of sp³-hybridized carbons (Fsp3) is 0.692. The standard InChI is InChI=1S/C13H21BrS/c1-3-5-7-11(8-6-4-2)12-9-13(14)15-10-12/h9-11H,3-8H2,1-2H3. The summed E-state index contributed by atoms with van der Waals surface area (Å²) in [5, 5.41) is 2.32. The molecule has 0 saturated heterocycles. The second kappa shape index (κ2) is 7.45. The predicted molar refractivity (Wildman–Crippen MR) is 73.8 cm³/mol. The van der Waals surface area contributed by atoms with Crippen LogP contribution in [0.4, 0.5) is 0 Å². The van der Waals surface area contributed by atoms with E-state index < -0.39 is 0 Å². The Morgan fingerprint density at radius 3 is 2.20 bits per heavy atom. The minimum atomic E-state index is 0.799. The maximum atomic E-state index is 3.56. The van der Waals surface area contributed by atoms with Gasteiger partial charge in [0.05, 0.1) is 3.79 Å². The molecule has 0 N–H and O–H groups in total. The summed E-state index contributed by atoms with van der Waals surface area (Å²) in [6, 6.07) is 2.31. The molecule has 0 radical (unpaired) electrons. The van der Waals surface area contributed by atoms with Gasteiger partial charge in [0.25, 0.3) is 0 Å². The van der Waals surface area contributed by atoms with Crippen LogP contribution >= 0.6 is 27.3 Å². The van der Waals surface area contributed by atoms with Crippen LogP contribution in [0.25, 0.3) is 0 Å². The fourth-order valence-electron chi connectivity index (χ4n) is 1.92. The van der Waals surface area contributed by atoms with Gasteiger partial charge in [-0.25, -0.2) is 0 Å². The summed E-state index contributed by atoms with van der Waals surface area (Å²) in [4.78, 5) is 0. The van der Waals surface area contributed by atoms with E-state index in [1.54, 1.807) is 5.56 Å². The van der Waals surface area contributed by atoms with Crippen LogP contribution in [0.1, 0.15) is 63.9 Å². The smallest absolute Gasteiger partial charge is 0.0701 e. The van der Waals surface area contributed by atoms with Gasteiger partial charge in [0.1, 0.15) is 0 Å². The van der Waals surface area contributed by atoms with Crippen LogP contribution in [0.3, 0.4) is 0 Å². The molecule has 0 aliphatic heterocycles. The number of hydrogen-bond donors (Lipinski definition) is 0. The van der Waals surface area contributed by atoms with Gasteiger partial charge in [0.2, 0.25) is 0 Å². The average molecular weight is 289 g/mol.